The number of amides is 1. The molecule has 1 N–H and O–H groups in total. The molecule has 7 nitrogen and oxygen atoms in total. The van der Waals surface area contributed by atoms with Crippen LogP contribution in [0.25, 0.3) is 0 Å². The van der Waals surface area contributed by atoms with Gasteiger partial charge in [0.1, 0.15) is 11.9 Å². The number of nitro groups is 1. The average Bonchev–Trinajstić information content (AvgIpc) is 3.06. The summed E-state index contributed by atoms with van der Waals surface area (Å²) in [6, 6.07) is 13.5. The Hall–Kier alpha value is -3.48. The molecule has 1 aromatic heterocycles. The topological polar surface area (TPSA) is 90.1 Å². The molecule has 1 amide bonds. The maximum Gasteiger partial charge on any atom is 0.273 e. The first-order valence-electron chi connectivity index (χ1n) is 8.06. The second-order valence-corrected chi connectivity index (χ2v) is 5.92. The number of hydrogen-bond acceptors (Lipinski definition) is 4. The van der Waals surface area contributed by atoms with Gasteiger partial charge < -0.3 is 9.88 Å². The van der Waals surface area contributed by atoms with E-state index in [0.717, 1.165) is 5.56 Å². The number of imidazole rings is 1. The molecule has 3 aromatic rings. The zero-order valence-electron chi connectivity index (χ0n) is 14.4. The van der Waals surface area contributed by atoms with E-state index in [1.165, 1.54) is 12.1 Å². The van der Waals surface area contributed by atoms with Gasteiger partial charge in [0.25, 0.3) is 11.6 Å². The Kier molecular flexibility index (Phi) is 4.79. The van der Waals surface area contributed by atoms with Crippen LogP contribution < -0.4 is 5.32 Å². The lowest BCUT2D eigenvalue weighted by molar-refractivity contribution is -0.385. The van der Waals surface area contributed by atoms with Gasteiger partial charge in [-0.2, -0.15) is 0 Å². The standard InChI is InChI=1S/C19H18N4O3/c1-13-15(9-6-10-16(13)23(25)26)19(24)21-17(14-7-4-3-5-8-14)18-20-11-12-22(18)2/h3-12,17H,1-2H3,(H,21,24). The van der Waals surface area contributed by atoms with Crippen molar-refractivity contribution < 1.29 is 9.72 Å². The van der Waals surface area contributed by atoms with E-state index < -0.39 is 11.0 Å². The Bertz CT molecular complexity index is 950. The van der Waals surface area contributed by atoms with Crippen LogP contribution in [0.2, 0.25) is 0 Å². The number of aryl methyl sites for hydroxylation is 1. The molecule has 2 aromatic carbocycles. The summed E-state index contributed by atoms with van der Waals surface area (Å²) in [6.45, 7) is 1.57. The molecular formula is C19H18N4O3. The summed E-state index contributed by atoms with van der Waals surface area (Å²) in [5.41, 5.74) is 1.40. The number of nitrogens with zero attached hydrogens (tertiary/aromatic N) is 3. The van der Waals surface area contributed by atoms with Gasteiger partial charge in [-0.3, -0.25) is 14.9 Å². The molecule has 3 rings (SSSR count). The monoisotopic (exact) mass is 350 g/mol. The van der Waals surface area contributed by atoms with Crippen molar-refractivity contribution in [2.75, 3.05) is 0 Å². The van der Waals surface area contributed by atoms with Crippen LogP contribution in [0, 0.1) is 17.0 Å². The van der Waals surface area contributed by atoms with Gasteiger partial charge in [-0.05, 0) is 18.6 Å². The highest BCUT2D eigenvalue weighted by Crippen LogP contribution is 2.24. The van der Waals surface area contributed by atoms with Crippen molar-refractivity contribution in [1.82, 2.24) is 14.9 Å². The van der Waals surface area contributed by atoms with Crippen molar-refractivity contribution in [3.63, 3.8) is 0 Å². The van der Waals surface area contributed by atoms with Crippen molar-refractivity contribution >= 4 is 11.6 Å². The number of benzene rings is 2. The second kappa shape index (κ2) is 7.18. The van der Waals surface area contributed by atoms with Crippen LogP contribution in [0.3, 0.4) is 0 Å². The Morgan fingerprint density at radius 2 is 1.92 bits per heavy atom. The summed E-state index contributed by atoms with van der Waals surface area (Å²) in [4.78, 5) is 27.9. The molecule has 0 fully saturated rings. The first-order chi connectivity index (χ1) is 12.5. The molecule has 0 aliphatic carbocycles. The minimum atomic E-state index is -0.487. The predicted octanol–water partition coefficient (Wildman–Crippen LogP) is 3.16. The molecule has 0 aliphatic rings. The van der Waals surface area contributed by atoms with E-state index in [1.54, 1.807) is 25.4 Å². The van der Waals surface area contributed by atoms with E-state index in [1.807, 2.05) is 41.9 Å². The summed E-state index contributed by atoms with van der Waals surface area (Å²) in [5, 5.41) is 14.1. The fourth-order valence-corrected chi connectivity index (χ4v) is 2.87. The van der Waals surface area contributed by atoms with Crippen LogP contribution in [-0.2, 0) is 7.05 Å². The number of carbonyl (C=O) groups is 1. The molecule has 1 heterocycles. The summed E-state index contributed by atoms with van der Waals surface area (Å²) in [5.74, 6) is 0.288. The van der Waals surface area contributed by atoms with Crippen molar-refractivity contribution in [3.8, 4) is 0 Å². The normalized spacial score (nSPS) is 11.8. The summed E-state index contributed by atoms with van der Waals surface area (Å²) in [7, 11) is 1.85. The molecule has 1 atom stereocenters. The maximum absolute atomic E-state index is 12.9. The number of rotatable bonds is 5. The highest BCUT2D eigenvalue weighted by Gasteiger charge is 2.24. The first-order valence-corrected chi connectivity index (χ1v) is 8.06. The van der Waals surface area contributed by atoms with Crippen LogP contribution in [0.4, 0.5) is 5.69 Å². The van der Waals surface area contributed by atoms with Crippen molar-refractivity contribution in [3.05, 3.63) is 93.6 Å². The van der Waals surface area contributed by atoms with Gasteiger partial charge in [-0.1, -0.05) is 36.4 Å². The lowest BCUT2D eigenvalue weighted by atomic mass is 10.0. The minimum absolute atomic E-state index is 0.0779. The van der Waals surface area contributed by atoms with Gasteiger partial charge in [-0.15, -0.1) is 0 Å². The van der Waals surface area contributed by atoms with E-state index in [2.05, 4.69) is 10.3 Å². The number of carbonyl (C=O) groups excluding carboxylic acids is 1. The molecule has 0 saturated heterocycles. The quantitative estimate of drug-likeness (QED) is 0.565. The van der Waals surface area contributed by atoms with Gasteiger partial charge in [0, 0.05) is 36.6 Å². The third kappa shape index (κ3) is 3.32. The van der Waals surface area contributed by atoms with Crippen LogP contribution >= 0.6 is 0 Å². The highest BCUT2D eigenvalue weighted by atomic mass is 16.6. The number of hydrogen-bond donors (Lipinski definition) is 1. The third-order valence-corrected chi connectivity index (χ3v) is 4.27. The fraction of sp³-hybridized carbons (Fsp3) is 0.158. The summed E-state index contributed by atoms with van der Waals surface area (Å²) >= 11 is 0. The molecule has 132 valence electrons. The Labute approximate surface area is 150 Å². The Morgan fingerprint density at radius 3 is 2.54 bits per heavy atom. The summed E-state index contributed by atoms with van der Waals surface area (Å²) < 4.78 is 1.83. The fourth-order valence-electron chi connectivity index (χ4n) is 2.87. The molecule has 0 bridgehead atoms. The van der Waals surface area contributed by atoms with Gasteiger partial charge in [0.15, 0.2) is 0 Å². The first kappa shape index (κ1) is 17.3. The molecule has 0 spiro atoms. The predicted molar refractivity (Wildman–Crippen MR) is 96.8 cm³/mol. The molecule has 1 unspecified atom stereocenters. The van der Waals surface area contributed by atoms with Crippen molar-refractivity contribution in [2.24, 2.45) is 7.05 Å². The van der Waals surface area contributed by atoms with Gasteiger partial charge in [0.2, 0.25) is 0 Å². The van der Waals surface area contributed by atoms with Gasteiger partial charge in [0.05, 0.1) is 4.92 Å². The van der Waals surface area contributed by atoms with E-state index in [0.29, 0.717) is 11.4 Å². The van der Waals surface area contributed by atoms with Crippen LogP contribution in [0.1, 0.15) is 33.4 Å². The maximum atomic E-state index is 12.9. The van der Waals surface area contributed by atoms with E-state index in [9.17, 15) is 14.9 Å². The van der Waals surface area contributed by atoms with Gasteiger partial charge in [-0.25, -0.2) is 4.98 Å². The lowest BCUT2D eigenvalue weighted by Crippen LogP contribution is -2.31. The van der Waals surface area contributed by atoms with Gasteiger partial charge >= 0.3 is 0 Å². The third-order valence-electron chi connectivity index (χ3n) is 4.27. The van der Waals surface area contributed by atoms with Crippen LogP contribution in [0.5, 0.6) is 0 Å². The lowest BCUT2D eigenvalue weighted by Gasteiger charge is -2.19. The summed E-state index contributed by atoms with van der Waals surface area (Å²) in [6.07, 6.45) is 3.46. The SMILES string of the molecule is Cc1c(C(=O)NC(c2ccccc2)c2nccn2C)cccc1[N+](=O)[O-]. The zero-order chi connectivity index (χ0) is 18.7. The zero-order valence-corrected chi connectivity index (χ0v) is 14.4. The molecule has 0 saturated carbocycles. The van der Waals surface area contributed by atoms with E-state index >= 15 is 0 Å². The molecule has 0 aliphatic heterocycles. The van der Waals surface area contributed by atoms with Crippen molar-refractivity contribution in [2.45, 2.75) is 13.0 Å². The number of nitrogens with one attached hydrogen (secondary N) is 1. The van der Waals surface area contributed by atoms with Crippen LogP contribution in [-0.4, -0.2) is 20.4 Å². The van der Waals surface area contributed by atoms with E-state index in [-0.39, 0.29) is 17.2 Å². The average molecular weight is 350 g/mol. The van der Waals surface area contributed by atoms with E-state index in [4.69, 9.17) is 0 Å². The molecule has 7 heteroatoms. The Balaban J connectivity index is 1.98. The second-order valence-electron chi connectivity index (χ2n) is 5.92. The Morgan fingerprint density at radius 1 is 1.19 bits per heavy atom. The minimum Gasteiger partial charge on any atom is -0.338 e. The number of aromatic nitrogens is 2. The highest BCUT2D eigenvalue weighted by molar-refractivity contribution is 5.97. The molecular weight excluding hydrogens is 332 g/mol. The smallest absolute Gasteiger partial charge is 0.273 e. The number of nitro benzene ring substituents is 1. The molecule has 26 heavy (non-hydrogen) atoms. The van der Waals surface area contributed by atoms with Crippen LogP contribution in [0.15, 0.2) is 60.9 Å². The largest absolute Gasteiger partial charge is 0.338 e. The molecule has 0 radical (unpaired) electrons. The van der Waals surface area contributed by atoms with Crippen molar-refractivity contribution in [1.29, 1.82) is 0 Å².